The number of imidazole rings is 1. The first-order valence-corrected chi connectivity index (χ1v) is 10.8. The number of pyridine rings is 1. The molecule has 0 spiro atoms. The summed E-state index contributed by atoms with van der Waals surface area (Å²) >= 11 is 0. The first kappa shape index (κ1) is 22.4. The molecule has 9 heteroatoms. The molecule has 0 aliphatic carbocycles. The Morgan fingerprint density at radius 3 is 2.54 bits per heavy atom. The van der Waals surface area contributed by atoms with Crippen LogP contribution >= 0.6 is 0 Å². The number of nitrogens with one attached hydrogen (secondary N) is 2. The summed E-state index contributed by atoms with van der Waals surface area (Å²) in [7, 11) is 0. The Morgan fingerprint density at radius 1 is 1.00 bits per heavy atom. The molecule has 0 bridgehead atoms. The number of H-pyrrole nitrogens is 1. The second kappa shape index (κ2) is 8.75. The topological polar surface area (TPSA) is 79.9 Å². The molecule has 176 valence electrons. The summed E-state index contributed by atoms with van der Waals surface area (Å²) < 4.78 is 44.2. The molecule has 3 aromatic carbocycles. The van der Waals surface area contributed by atoms with Crippen molar-refractivity contribution in [2.45, 2.75) is 19.1 Å². The maximum atomic E-state index is 12.9. The van der Waals surface area contributed by atoms with Gasteiger partial charge in [-0.15, -0.1) is 0 Å². The molecule has 1 amide bonds. The molecular weight excluding hydrogens is 457 g/mol. The third-order valence-electron chi connectivity index (χ3n) is 5.64. The summed E-state index contributed by atoms with van der Waals surface area (Å²) in [5.74, 6) is 0.316. The van der Waals surface area contributed by atoms with E-state index in [0.717, 1.165) is 28.7 Å². The van der Waals surface area contributed by atoms with Gasteiger partial charge in [0, 0.05) is 17.1 Å². The van der Waals surface area contributed by atoms with E-state index < -0.39 is 11.7 Å². The lowest BCUT2D eigenvalue weighted by Gasteiger charge is -2.15. The Morgan fingerprint density at radius 2 is 1.77 bits per heavy atom. The van der Waals surface area contributed by atoms with Crippen LogP contribution in [0.3, 0.4) is 0 Å². The summed E-state index contributed by atoms with van der Waals surface area (Å²) in [5, 5.41) is 3.63. The summed E-state index contributed by atoms with van der Waals surface area (Å²) in [6.07, 6.45) is -1.36. The van der Waals surface area contributed by atoms with Gasteiger partial charge in [-0.1, -0.05) is 24.3 Å². The highest BCUT2D eigenvalue weighted by molar-refractivity contribution is 5.98. The number of ether oxygens (including phenoxy) is 1. The van der Waals surface area contributed by atoms with Gasteiger partial charge in [0.05, 0.1) is 34.5 Å². The van der Waals surface area contributed by atoms with Crippen molar-refractivity contribution in [3.63, 3.8) is 0 Å². The quantitative estimate of drug-likeness (QED) is 0.307. The lowest BCUT2D eigenvalue weighted by atomic mass is 10.1. The van der Waals surface area contributed by atoms with Crippen LogP contribution in [0.1, 0.15) is 34.5 Å². The van der Waals surface area contributed by atoms with Gasteiger partial charge in [0.1, 0.15) is 11.3 Å². The Bertz CT molecular complexity index is 1530. The van der Waals surface area contributed by atoms with Crippen LogP contribution in [0.4, 0.5) is 13.2 Å². The summed E-state index contributed by atoms with van der Waals surface area (Å²) in [6, 6.07) is 16.7. The van der Waals surface area contributed by atoms with Crippen LogP contribution in [0.15, 0.2) is 79.3 Å². The Balaban J connectivity index is 1.36. The van der Waals surface area contributed by atoms with Gasteiger partial charge in [0.15, 0.2) is 5.75 Å². The molecule has 0 aliphatic heterocycles. The third kappa shape index (κ3) is 4.52. The van der Waals surface area contributed by atoms with Crippen molar-refractivity contribution in [1.82, 2.24) is 20.3 Å². The molecule has 0 saturated heterocycles. The Hall–Kier alpha value is -4.40. The molecule has 0 radical (unpaired) electrons. The van der Waals surface area contributed by atoms with Crippen molar-refractivity contribution in [2.75, 3.05) is 0 Å². The highest BCUT2D eigenvalue weighted by Crippen LogP contribution is 2.33. The highest BCUT2D eigenvalue weighted by Gasteiger charge is 2.30. The predicted octanol–water partition coefficient (Wildman–Crippen LogP) is 6.41. The van der Waals surface area contributed by atoms with Gasteiger partial charge in [0.2, 0.25) is 0 Å². The van der Waals surface area contributed by atoms with Gasteiger partial charge in [-0.2, -0.15) is 13.2 Å². The SMILES string of the molecule is CC(NC(=O)c1cnc2c(Oc3ccc(C(F)(F)F)cc3)cccc2c1)c1cccc2[nH]cnc12. The molecule has 35 heavy (non-hydrogen) atoms. The van der Waals surface area contributed by atoms with Gasteiger partial charge in [-0.3, -0.25) is 9.78 Å². The van der Waals surface area contributed by atoms with E-state index in [1.165, 1.54) is 18.3 Å². The number of hydrogen-bond acceptors (Lipinski definition) is 4. The second-order valence-corrected chi connectivity index (χ2v) is 8.02. The standard InChI is InChI=1S/C26H19F3N4O2/c1-15(20-5-3-6-21-24(20)32-14-31-21)33-25(34)17-12-16-4-2-7-22(23(16)30-13-17)35-19-10-8-18(9-11-19)26(27,28)29/h2-15H,1H3,(H,31,32)(H,33,34). The van der Waals surface area contributed by atoms with Crippen molar-refractivity contribution in [3.05, 3.63) is 95.9 Å². The molecule has 2 aromatic heterocycles. The number of benzene rings is 3. The molecular formula is C26H19F3N4O2. The van der Waals surface area contributed by atoms with Gasteiger partial charge in [-0.05, 0) is 49.4 Å². The van der Waals surface area contributed by atoms with Gasteiger partial charge < -0.3 is 15.0 Å². The normalized spacial score (nSPS) is 12.6. The van der Waals surface area contributed by atoms with E-state index >= 15 is 0 Å². The van der Waals surface area contributed by atoms with E-state index in [1.54, 1.807) is 30.6 Å². The lowest BCUT2D eigenvalue weighted by Crippen LogP contribution is -2.26. The van der Waals surface area contributed by atoms with E-state index in [2.05, 4.69) is 20.3 Å². The molecule has 1 atom stereocenters. The fourth-order valence-electron chi connectivity index (χ4n) is 3.87. The summed E-state index contributed by atoms with van der Waals surface area (Å²) in [5.41, 5.74) is 2.66. The number of halogens is 3. The number of nitrogens with zero attached hydrogens (tertiary/aromatic N) is 2. The van der Waals surface area contributed by atoms with Crippen molar-refractivity contribution in [2.24, 2.45) is 0 Å². The number of rotatable bonds is 5. The monoisotopic (exact) mass is 476 g/mol. The lowest BCUT2D eigenvalue weighted by molar-refractivity contribution is -0.137. The van der Waals surface area contributed by atoms with Crippen LogP contribution in [0.5, 0.6) is 11.5 Å². The zero-order valence-corrected chi connectivity index (χ0v) is 18.4. The largest absolute Gasteiger partial charge is 0.455 e. The van der Waals surface area contributed by atoms with Crippen molar-refractivity contribution in [1.29, 1.82) is 0 Å². The smallest absolute Gasteiger partial charge is 0.416 e. The van der Waals surface area contributed by atoms with E-state index in [9.17, 15) is 18.0 Å². The number of carbonyl (C=O) groups excluding carboxylic acids is 1. The van der Waals surface area contributed by atoms with Crippen LogP contribution in [-0.2, 0) is 6.18 Å². The van der Waals surface area contributed by atoms with Crippen molar-refractivity contribution >= 4 is 27.8 Å². The third-order valence-corrected chi connectivity index (χ3v) is 5.64. The molecule has 0 fully saturated rings. The number of fused-ring (bicyclic) bond motifs is 2. The van der Waals surface area contributed by atoms with Gasteiger partial charge in [-0.25, -0.2) is 4.98 Å². The summed E-state index contributed by atoms with van der Waals surface area (Å²) in [4.78, 5) is 24.7. The Kier molecular flexibility index (Phi) is 5.60. The first-order chi connectivity index (χ1) is 16.8. The van der Waals surface area contributed by atoms with Gasteiger partial charge >= 0.3 is 6.18 Å². The minimum Gasteiger partial charge on any atom is -0.455 e. The second-order valence-electron chi connectivity index (χ2n) is 8.02. The molecule has 1 unspecified atom stereocenters. The Labute approximate surface area is 197 Å². The van der Waals surface area contributed by atoms with Crippen LogP contribution in [0, 0.1) is 0 Å². The molecule has 2 heterocycles. The fourth-order valence-corrected chi connectivity index (χ4v) is 3.87. The summed E-state index contributed by atoms with van der Waals surface area (Å²) in [6.45, 7) is 1.88. The predicted molar refractivity (Wildman–Crippen MR) is 125 cm³/mol. The number of alkyl halides is 3. The number of para-hydroxylation sites is 2. The average Bonchev–Trinajstić information content (AvgIpc) is 3.33. The first-order valence-electron chi connectivity index (χ1n) is 10.8. The minimum absolute atomic E-state index is 0.246. The van der Waals surface area contributed by atoms with E-state index in [0.29, 0.717) is 22.2 Å². The van der Waals surface area contributed by atoms with Gasteiger partial charge in [0.25, 0.3) is 5.91 Å². The number of carbonyl (C=O) groups is 1. The molecule has 5 aromatic rings. The van der Waals surface area contributed by atoms with Crippen molar-refractivity contribution in [3.8, 4) is 11.5 Å². The van der Waals surface area contributed by atoms with Crippen LogP contribution < -0.4 is 10.1 Å². The molecule has 6 nitrogen and oxygen atoms in total. The van der Waals surface area contributed by atoms with Crippen molar-refractivity contribution < 1.29 is 22.7 Å². The molecule has 0 saturated carbocycles. The number of aromatic nitrogens is 3. The van der Waals surface area contributed by atoms with E-state index in [-0.39, 0.29) is 17.7 Å². The maximum absolute atomic E-state index is 12.9. The highest BCUT2D eigenvalue weighted by atomic mass is 19.4. The zero-order valence-electron chi connectivity index (χ0n) is 18.4. The molecule has 5 rings (SSSR count). The van der Waals surface area contributed by atoms with Crippen LogP contribution in [-0.4, -0.2) is 20.9 Å². The number of amides is 1. The fraction of sp³-hybridized carbons (Fsp3) is 0.115. The molecule has 2 N–H and O–H groups in total. The maximum Gasteiger partial charge on any atom is 0.416 e. The zero-order chi connectivity index (χ0) is 24.6. The van der Waals surface area contributed by atoms with Crippen LogP contribution in [0.25, 0.3) is 21.9 Å². The van der Waals surface area contributed by atoms with E-state index in [1.807, 2.05) is 25.1 Å². The average molecular weight is 476 g/mol. The minimum atomic E-state index is -4.42. The van der Waals surface area contributed by atoms with Crippen LogP contribution in [0.2, 0.25) is 0 Å². The van der Waals surface area contributed by atoms with E-state index in [4.69, 9.17) is 4.74 Å². The molecule has 0 aliphatic rings. The number of hydrogen-bond donors (Lipinski definition) is 2. The number of aromatic amines is 1.